The SMILES string of the molecule is CC(=O)Oc1ccc(N2C(=O)[C@@H]3C4C=CC(O4)[C@@H]3C2=O)cc1. The minimum atomic E-state index is -0.421. The highest BCUT2D eigenvalue weighted by Gasteiger charge is 2.60. The Morgan fingerprint density at radius 2 is 1.59 bits per heavy atom. The van der Waals surface area contributed by atoms with Gasteiger partial charge < -0.3 is 9.47 Å². The Labute approximate surface area is 126 Å². The number of rotatable bonds is 2. The van der Waals surface area contributed by atoms with E-state index in [-0.39, 0.29) is 24.0 Å². The molecule has 4 rings (SSSR count). The summed E-state index contributed by atoms with van der Waals surface area (Å²) in [5, 5.41) is 0. The van der Waals surface area contributed by atoms with E-state index in [4.69, 9.17) is 9.47 Å². The maximum atomic E-state index is 12.6. The molecule has 3 aliphatic heterocycles. The van der Waals surface area contributed by atoms with Gasteiger partial charge >= 0.3 is 5.97 Å². The van der Waals surface area contributed by atoms with E-state index in [0.717, 1.165) is 0 Å². The predicted octanol–water partition coefficient (Wildman–Crippen LogP) is 1.05. The molecule has 112 valence electrons. The summed E-state index contributed by atoms with van der Waals surface area (Å²) in [6.07, 6.45) is 3.11. The Morgan fingerprint density at radius 3 is 2.09 bits per heavy atom. The summed E-state index contributed by atoms with van der Waals surface area (Å²) in [4.78, 5) is 37.2. The quantitative estimate of drug-likeness (QED) is 0.353. The minimum absolute atomic E-state index is 0.230. The second kappa shape index (κ2) is 4.51. The maximum Gasteiger partial charge on any atom is 0.308 e. The molecule has 2 unspecified atom stereocenters. The molecule has 0 radical (unpaired) electrons. The molecule has 3 heterocycles. The van der Waals surface area contributed by atoms with Gasteiger partial charge in [-0.15, -0.1) is 0 Å². The summed E-state index contributed by atoms with van der Waals surface area (Å²) in [5.41, 5.74) is 0.486. The monoisotopic (exact) mass is 299 g/mol. The molecule has 2 fully saturated rings. The molecule has 2 saturated heterocycles. The molecule has 0 aromatic heterocycles. The first-order valence-corrected chi connectivity index (χ1v) is 7.06. The lowest BCUT2D eigenvalue weighted by molar-refractivity contribution is -0.132. The lowest BCUT2D eigenvalue weighted by Gasteiger charge is -2.17. The molecule has 0 N–H and O–H groups in total. The highest BCUT2D eigenvalue weighted by molar-refractivity contribution is 6.23. The van der Waals surface area contributed by atoms with E-state index in [9.17, 15) is 14.4 Å². The first-order valence-electron chi connectivity index (χ1n) is 7.06. The number of nitrogens with zero attached hydrogens (tertiary/aromatic N) is 1. The van der Waals surface area contributed by atoms with Crippen LogP contribution in [0.3, 0.4) is 0 Å². The maximum absolute atomic E-state index is 12.6. The van der Waals surface area contributed by atoms with Crippen molar-refractivity contribution in [1.29, 1.82) is 0 Å². The number of amides is 2. The molecule has 6 heteroatoms. The van der Waals surface area contributed by atoms with E-state index in [0.29, 0.717) is 11.4 Å². The van der Waals surface area contributed by atoms with Crippen LogP contribution >= 0.6 is 0 Å². The van der Waals surface area contributed by atoms with Crippen LogP contribution in [0.15, 0.2) is 36.4 Å². The van der Waals surface area contributed by atoms with Crippen LogP contribution in [0.4, 0.5) is 5.69 Å². The van der Waals surface area contributed by atoms with Gasteiger partial charge in [-0.1, -0.05) is 12.2 Å². The van der Waals surface area contributed by atoms with Crippen molar-refractivity contribution in [1.82, 2.24) is 0 Å². The predicted molar refractivity (Wildman–Crippen MR) is 75.0 cm³/mol. The summed E-state index contributed by atoms with van der Waals surface area (Å²) in [6.45, 7) is 1.31. The molecule has 2 amide bonds. The van der Waals surface area contributed by atoms with Gasteiger partial charge in [0.25, 0.3) is 0 Å². The van der Waals surface area contributed by atoms with Crippen molar-refractivity contribution >= 4 is 23.5 Å². The number of benzene rings is 1. The fourth-order valence-electron chi connectivity index (χ4n) is 3.39. The van der Waals surface area contributed by atoms with E-state index in [1.54, 1.807) is 24.3 Å². The Kier molecular flexibility index (Phi) is 2.71. The first kappa shape index (κ1) is 13.2. The molecule has 1 aromatic rings. The lowest BCUT2D eigenvalue weighted by atomic mass is 9.85. The van der Waals surface area contributed by atoms with E-state index in [1.165, 1.54) is 11.8 Å². The highest BCUT2D eigenvalue weighted by atomic mass is 16.5. The van der Waals surface area contributed by atoms with E-state index < -0.39 is 17.8 Å². The number of esters is 1. The molecular weight excluding hydrogens is 286 g/mol. The van der Waals surface area contributed by atoms with Crippen molar-refractivity contribution in [2.24, 2.45) is 11.8 Å². The molecule has 3 aliphatic rings. The van der Waals surface area contributed by atoms with Crippen molar-refractivity contribution in [3.8, 4) is 5.75 Å². The molecule has 4 atom stereocenters. The zero-order valence-electron chi connectivity index (χ0n) is 11.8. The summed E-state index contributed by atoms with van der Waals surface area (Å²) >= 11 is 0. The Balaban J connectivity index is 1.62. The van der Waals surface area contributed by atoms with Gasteiger partial charge in [0, 0.05) is 6.92 Å². The van der Waals surface area contributed by atoms with Crippen molar-refractivity contribution in [2.75, 3.05) is 4.90 Å². The molecule has 2 bridgehead atoms. The molecule has 0 saturated carbocycles. The average molecular weight is 299 g/mol. The largest absolute Gasteiger partial charge is 0.427 e. The van der Waals surface area contributed by atoms with Gasteiger partial charge in [-0.05, 0) is 24.3 Å². The van der Waals surface area contributed by atoms with Gasteiger partial charge in [-0.25, -0.2) is 4.90 Å². The second-order valence-electron chi connectivity index (χ2n) is 5.60. The van der Waals surface area contributed by atoms with Crippen molar-refractivity contribution in [2.45, 2.75) is 19.1 Å². The normalized spacial score (nSPS) is 31.8. The summed E-state index contributed by atoms with van der Waals surface area (Å²) < 4.78 is 10.5. The number of hydrogen-bond donors (Lipinski definition) is 0. The zero-order chi connectivity index (χ0) is 15.4. The smallest absolute Gasteiger partial charge is 0.308 e. The van der Waals surface area contributed by atoms with Gasteiger partial charge in [0.05, 0.1) is 29.7 Å². The lowest BCUT2D eigenvalue weighted by Crippen LogP contribution is -2.34. The van der Waals surface area contributed by atoms with E-state index >= 15 is 0 Å². The summed E-state index contributed by atoms with van der Waals surface area (Å²) in [5.74, 6) is -1.35. The number of carbonyl (C=O) groups is 3. The second-order valence-corrected chi connectivity index (χ2v) is 5.60. The van der Waals surface area contributed by atoms with Gasteiger partial charge in [0.2, 0.25) is 11.8 Å². The number of carbonyl (C=O) groups excluding carboxylic acids is 3. The molecule has 1 aromatic carbocycles. The molecular formula is C16H13NO5. The summed E-state index contributed by atoms with van der Waals surface area (Å²) in [6, 6.07) is 6.33. The third-order valence-corrected chi connectivity index (χ3v) is 4.27. The number of imide groups is 1. The molecule has 22 heavy (non-hydrogen) atoms. The highest BCUT2D eigenvalue weighted by Crippen LogP contribution is 2.46. The fourth-order valence-corrected chi connectivity index (χ4v) is 3.39. The van der Waals surface area contributed by atoms with Crippen LogP contribution in [0.25, 0.3) is 0 Å². The standard InChI is InChI=1S/C16H13NO5/c1-8(18)21-10-4-2-9(3-5-10)17-15(19)13-11-6-7-12(22-11)14(13)16(17)20/h2-7,11-14H,1H3/t11?,12?,13-,14+. The average Bonchev–Trinajstić information content (AvgIpc) is 3.14. The van der Waals surface area contributed by atoms with Crippen LogP contribution in [0.5, 0.6) is 5.75 Å². The molecule has 0 spiro atoms. The number of anilines is 1. The minimum Gasteiger partial charge on any atom is -0.427 e. The van der Waals surface area contributed by atoms with Gasteiger partial charge in [-0.2, -0.15) is 0 Å². The number of fused-ring (bicyclic) bond motifs is 5. The first-order chi connectivity index (χ1) is 10.6. The zero-order valence-corrected chi connectivity index (χ0v) is 11.8. The van der Waals surface area contributed by atoms with Gasteiger partial charge in [-0.3, -0.25) is 14.4 Å². The van der Waals surface area contributed by atoms with Gasteiger partial charge in [0.15, 0.2) is 0 Å². The van der Waals surface area contributed by atoms with Crippen molar-refractivity contribution in [3.05, 3.63) is 36.4 Å². The third kappa shape index (κ3) is 1.74. The van der Waals surface area contributed by atoms with Crippen LogP contribution in [-0.4, -0.2) is 30.0 Å². The van der Waals surface area contributed by atoms with E-state index in [1.807, 2.05) is 12.2 Å². The van der Waals surface area contributed by atoms with Crippen molar-refractivity contribution in [3.63, 3.8) is 0 Å². The van der Waals surface area contributed by atoms with E-state index in [2.05, 4.69) is 0 Å². The van der Waals surface area contributed by atoms with Crippen molar-refractivity contribution < 1.29 is 23.9 Å². The Hall–Kier alpha value is -2.47. The molecule has 6 nitrogen and oxygen atoms in total. The Morgan fingerprint density at radius 1 is 1.05 bits per heavy atom. The number of hydrogen-bond acceptors (Lipinski definition) is 5. The number of ether oxygens (including phenoxy) is 2. The Bertz CT molecular complexity index is 678. The topological polar surface area (TPSA) is 72.9 Å². The van der Waals surface area contributed by atoms with Crippen LogP contribution in [-0.2, 0) is 19.1 Å². The third-order valence-electron chi connectivity index (χ3n) is 4.27. The molecule has 0 aliphatic carbocycles. The fraction of sp³-hybridized carbons (Fsp3) is 0.312. The van der Waals surface area contributed by atoms with Crippen LogP contribution in [0.1, 0.15) is 6.92 Å². The van der Waals surface area contributed by atoms with Crippen LogP contribution in [0, 0.1) is 11.8 Å². The summed E-state index contributed by atoms with van der Waals surface area (Å²) in [7, 11) is 0. The van der Waals surface area contributed by atoms with Crippen LogP contribution < -0.4 is 9.64 Å². The van der Waals surface area contributed by atoms with Crippen LogP contribution in [0.2, 0.25) is 0 Å². The van der Waals surface area contributed by atoms with Gasteiger partial charge in [0.1, 0.15) is 5.75 Å².